The van der Waals surface area contributed by atoms with Crippen molar-refractivity contribution in [2.75, 3.05) is 11.9 Å². The number of hydrogen-bond acceptors (Lipinski definition) is 5. The first-order valence-electron chi connectivity index (χ1n) is 8.62. The van der Waals surface area contributed by atoms with Crippen molar-refractivity contribution >= 4 is 29.3 Å². The van der Waals surface area contributed by atoms with E-state index < -0.39 is 5.25 Å². The summed E-state index contributed by atoms with van der Waals surface area (Å²) in [5, 5.41) is 12.6. The predicted molar refractivity (Wildman–Crippen MR) is 103 cm³/mol. The summed E-state index contributed by atoms with van der Waals surface area (Å²) >= 11 is 1.26. The van der Waals surface area contributed by atoms with Crippen LogP contribution in [0, 0.1) is 13.8 Å². The second-order valence-electron chi connectivity index (χ2n) is 6.11. The molecule has 0 aliphatic carbocycles. The van der Waals surface area contributed by atoms with Gasteiger partial charge in [0.05, 0.1) is 11.8 Å². The van der Waals surface area contributed by atoms with Crippen LogP contribution in [0.5, 0.6) is 0 Å². The lowest BCUT2D eigenvalue weighted by molar-refractivity contribution is -0.123. The van der Waals surface area contributed by atoms with Crippen LogP contribution in [0.25, 0.3) is 0 Å². The smallest absolute Gasteiger partial charge is 0.243 e. The molecule has 0 aliphatic rings. The number of amides is 2. The van der Waals surface area contributed by atoms with Crippen LogP contribution in [0.2, 0.25) is 0 Å². The van der Waals surface area contributed by atoms with E-state index in [1.807, 2.05) is 32.0 Å². The number of aryl methyl sites for hydroxylation is 3. The van der Waals surface area contributed by atoms with E-state index in [1.165, 1.54) is 11.8 Å². The molecule has 0 radical (unpaired) electrons. The topological polar surface area (TPSA) is 99.8 Å². The number of hydrogen-bond donors (Lipinski definition) is 3. The van der Waals surface area contributed by atoms with Crippen LogP contribution in [0.4, 0.5) is 5.69 Å². The van der Waals surface area contributed by atoms with E-state index in [-0.39, 0.29) is 18.4 Å². The molecule has 26 heavy (non-hydrogen) atoms. The Morgan fingerprint density at radius 1 is 1.27 bits per heavy atom. The summed E-state index contributed by atoms with van der Waals surface area (Å²) in [4.78, 5) is 28.6. The maximum absolute atomic E-state index is 12.2. The Kier molecular flexibility index (Phi) is 7.20. The highest BCUT2D eigenvalue weighted by Crippen LogP contribution is 2.20. The molecule has 2 aromatic rings. The first kappa shape index (κ1) is 20.0. The second-order valence-corrected chi connectivity index (χ2v) is 7.42. The van der Waals surface area contributed by atoms with Crippen LogP contribution < -0.4 is 10.6 Å². The monoisotopic (exact) mass is 375 g/mol. The van der Waals surface area contributed by atoms with Gasteiger partial charge >= 0.3 is 0 Å². The van der Waals surface area contributed by atoms with Gasteiger partial charge in [0.25, 0.3) is 0 Å². The molecule has 8 heteroatoms. The molecule has 7 nitrogen and oxygen atoms in total. The molecule has 1 aromatic carbocycles. The van der Waals surface area contributed by atoms with E-state index in [0.717, 1.165) is 35.5 Å². The van der Waals surface area contributed by atoms with E-state index in [4.69, 9.17) is 0 Å². The minimum atomic E-state index is -0.395. The average Bonchev–Trinajstić information content (AvgIpc) is 3.03. The molecular formula is C18H25N5O2S. The fourth-order valence-corrected chi connectivity index (χ4v) is 3.16. The molecule has 0 saturated carbocycles. The SMILES string of the molecule is CCCc1nc(S[C@H](C)C(=O)NCC(=O)Nc2c(C)cccc2C)n[nH]1. The van der Waals surface area contributed by atoms with Gasteiger partial charge < -0.3 is 10.6 Å². The average molecular weight is 375 g/mol. The molecule has 3 N–H and O–H groups in total. The molecule has 0 fully saturated rings. The molecule has 140 valence electrons. The van der Waals surface area contributed by atoms with Crippen LogP contribution in [-0.2, 0) is 16.0 Å². The number of rotatable bonds is 8. The van der Waals surface area contributed by atoms with Gasteiger partial charge in [-0.05, 0) is 38.3 Å². The van der Waals surface area contributed by atoms with Crippen molar-refractivity contribution in [1.82, 2.24) is 20.5 Å². The van der Waals surface area contributed by atoms with Gasteiger partial charge in [0.15, 0.2) is 0 Å². The van der Waals surface area contributed by atoms with E-state index in [0.29, 0.717) is 5.16 Å². The maximum Gasteiger partial charge on any atom is 0.243 e. The zero-order valence-corrected chi connectivity index (χ0v) is 16.4. The number of carbonyl (C=O) groups is 2. The number of nitrogens with one attached hydrogen (secondary N) is 3. The van der Waals surface area contributed by atoms with Crippen LogP contribution >= 0.6 is 11.8 Å². The highest BCUT2D eigenvalue weighted by atomic mass is 32.2. The fourth-order valence-electron chi connectivity index (χ4n) is 2.40. The molecule has 0 bridgehead atoms. The van der Waals surface area contributed by atoms with Crippen molar-refractivity contribution in [1.29, 1.82) is 0 Å². The van der Waals surface area contributed by atoms with Crippen molar-refractivity contribution in [3.8, 4) is 0 Å². The minimum absolute atomic E-state index is 0.0768. The third kappa shape index (κ3) is 5.59. The Morgan fingerprint density at radius 3 is 2.62 bits per heavy atom. The Bertz CT molecular complexity index is 754. The largest absolute Gasteiger partial charge is 0.346 e. The van der Waals surface area contributed by atoms with E-state index in [9.17, 15) is 9.59 Å². The number of aromatic nitrogens is 3. The number of anilines is 1. The van der Waals surface area contributed by atoms with Crippen LogP contribution in [0.3, 0.4) is 0 Å². The molecule has 1 heterocycles. The van der Waals surface area contributed by atoms with Gasteiger partial charge in [0, 0.05) is 12.1 Å². The molecule has 0 aliphatic heterocycles. The third-order valence-electron chi connectivity index (χ3n) is 3.82. The molecule has 1 atom stereocenters. The number of H-pyrrole nitrogens is 1. The van der Waals surface area contributed by atoms with Crippen molar-refractivity contribution < 1.29 is 9.59 Å². The summed E-state index contributed by atoms with van der Waals surface area (Å²) in [6, 6.07) is 5.81. The van der Waals surface area contributed by atoms with Gasteiger partial charge in [-0.1, -0.05) is 36.9 Å². The Labute approximate surface area is 157 Å². The summed E-state index contributed by atoms with van der Waals surface area (Å²) in [5.74, 6) is 0.333. The summed E-state index contributed by atoms with van der Waals surface area (Å²) in [6.45, 7) is 7.62. The summed E-state index contributed by atoms with van der Waals surface area (Å²) in [6.07, 6.45) is 1.80. The van der Waals surface area contributed by atoms with Gasteiger partial charge in [-0.15, -0.1) is 5.10 Å². The minimum Gasteiger partial charge on any atom is -0.346 e. The first-order chi connectivity index (χ1) is 12.4. The predicted octanol–water partition coefficient (Wildman–Crippen LogP) is 2.61. The maximum atomic E-state index is 12.2. The Hall–Kier alpha value is -2.35. The molecule has 0 spiro atoms. The quantitative estimate of drug-likeness (QED) is 0.616. The zero-order valence-electron chi connectivity index (χ0n) is 15.5. The van der Waals surface area contributed by atoms with E-state index >= 15 is 0 Å². The van der Waals surface area contributed by atoms with Gasteiger partial charge in [-0.3, -0.25) is 14.7 Å². The highest BCUT2D eigenvalue weighted by molar-refractivity contribution is 8.00. The summed E-state index contributed by atoms with van der Waals surface area (Å²) in [5.41, 5.74) is 2.76. The first-order valence-corrected chi connectivity index (χ1v) is 9.50. The summed E-state index contributed by atoms with van der Waals surface area (Å²) in [7, 11) is 0. The molecular weight excluding hydrogens is 350 g/mol. The Morgan fingerprint density at radius 2 is 1.96 bits per heavy atom. The lowest BCUT2D eigenvalue weighted by Gasteiger charge is -2.13. The number of benzene rings is 1. The number of carbonyl (C=O) groups excluding carboxylic acids is 2. The molecule has 0 unspecified atom stereocenters. The molecule has 1 aromatic heterocycles. The lowest BCUT2D eigenvalue weighted by atomic mass is 10.1. The Balaban J connectivity index is 1.82. The van der Waals surface area contributed by atoms with Crippen LogP contribution in [-0.4, -0.2) is 38.8 Å². The van der Waals surface area contributed by atoms with Crippen molar-refractivity contribution in [2.24, 2.45) is 0 Å². The molecule has 0 saturated heterocycles. The van der Waals surface area contributed by atoms with Gasteiger partial charge in [0.2, 0.25) is 17.0 Å². The molecule has 2 rings (SSSR count). The van der Waals surface area contributed by atoms with Crippen LogP contribution in [0.1, 0.15) is 37.2 Å². The van der Waals surface area contributed by atoms with E-state index in [2.05, 4.69) is 32.7 Å². The van der Waals surface area contributed by atoms with Crippen molar-refractivity contribution in [2.45, 2.75) is 50.9 Å². The van der Waals surface area contributed by atoms with Gasteiger partial charge in [-0.25, -0.2) is 4.98 Å². The number of thioether (sulfide) groups is 1. The molecule has 2 amide bonds. The van der Waals surface area contributed by atoms with Gasteiger partial charge in [-0.2, -0.15) is 0 Å². The standard InChI is InChI=1S/C18H25N5O2S/c1-5-7-14-20-18(23-22-14)26-13(4)17(25)19-10-15(24)21-16-11(2)8-6-9-12(16)3/h6,8-9,13H,5,7,10H2,1-4H3,(H,19,25)(H,21,24)(H,20,22,23)/t13-/m1/s1. The van der Waals surface area contributed by atoms with Crippen LogP contribution in [0.15, 0.2) is 23.4 Å². The van der Waals surface area contributed by atoms with E-state index in [1.54, 1.807) is 6.92 Å². The van der Waals surface area contributed by atoms with Gasteiger partial charge in [0.1, 0.15) is 5.82 Å². The fraction of sp³-hybridized carbons (Fsp3) is 0.444. The number of nitrogens with zero attached hydrogens (tertiary/aromatic N) is 2. The lowest BCUT2D eigenvalue weighted by Crippen LogP contribution is -2.37. The number of para-hydroxylation sites is 1. The highest BCUT2D eigenvalue weighted by Gasteiger charge is 2.18. The third-order valence-corrected chi connectivity index (χ3v) is 4.78. The normalized spacial score (nSPS) is 11.8. The zero-order chi connectivity index (χ0) is 19.1. The van der Waals surface area contributed by atoms with Crippen molar-refractivity contribution in [3.63, 3.8) is 0 Å². The summed E-state index contributed by atoms with van der Waals surface area (Å²) < 4.78 is 0. The number of aromatic amines is 1. The second kappa shape index (κ2) is 9.38. The van der Waals surface area contributed by atoms with Crippen molar-refractivity contribution in [3.05, 3.63) is 35.2 Å².